The third-order valence-electron chi connectivity index (χ3n) is 4.07. The molecule has 0 radical (unpaired) electrons. The summed E-state index contributed by atoms with van der Waals surface area (Å²) in [4.78, 5) is 4.88. The minimum Gasteiger partial charge on any atom is -0.301 e. The first kappa shape index (κ1) is 10.8. The molecule has 0 amide bonds. The van der Waals surface area contributed by atoms with Crippen molar-refractivity contribution in [2.24, 2.45) is 0 Å². The first-order chi connectivity index (χ1) is 9.34. The van der Waals surface area contributed by atoms with E-state index >= 15 is 0 Å². The third kappa shape index (κ3) is 1.53. The summed E-state index contributed by atoms with van der Waals surface area (Å²) in [6, 6.07) is 15.0. The van der Waals surface area contributed by atoms with Crippen LogP contribution in [0.1, 0.15) is 23.4 Å². The normalized spacial score (nSPS) is 13.9. The van der Waals surface area contributed by atoms with E-state index in [-0.39, 0.29) is 0 Å². The highest BCUT2D eigenvalue weighted by Crippen LogP contribution is 2.32. The van der Waals surface area contributed by atoms with Crippen molar-refractivity contribution in [2.75, 3.05) is 0 Å². The van der Waals surface area contributed by atoms with Crippen LogP contribution in [0.2, 0.25) is 0 Å². The van der Waals surface area contributed by atoms with Crippen LogP contribution in [0.25, 0.3) is 16.9 Å². The topological polar surface area (TPSA) is 17.3 Å². The van der Waals surface area contributed by atoms with Crippen molar-refractivity contribution in [1.82, 2.24) is 9.38 Å². The molecule has 94 valence electrons. The molecule has 0 bridgehead atoms. The van der Waals surface area contributed by atoms with E-state index in [0.29, 0.717) is 0 Å². The van der Waals surface area contributed by atoms with Gasteiger partial charge in [-0.15, -0.1) is 0 Å². The Morgan fingerprint density at radius 3 is 2.84 bits per heavy atom. The molecule has 0 unspecified atom stereocenters. The minimum atomic E-state index is 1.07. The molecule has 2 aromatic heterocycles. The molecular formula is C17H16N2. The number of aromatic nitrogens is 2. The summed E-state index contributed by atoms with van der Waals surface area (Å²) in [6.07, 6.45) is 3.46. The zero-order chi connectivity index (χ0) is 12.8. The Kier molecular flexibility index (Phi) is 2.25. The number of benzene rings is 1. The molecule has 0 saturated heterocycles. The zero-order valence-electron chi connectivity index (χ0n) is 11.1. The fourth-order valence-corrected chi connectivity index (χ4v) is 3.19. The summed E-state index contributed by atoms with van der Waals surface area (Å²) in [7, 11) is 0. The van der Waals surface area contributed by atoms with E-state index < -0.39 is 0 Å². The fourth-order valence-electron chi connectivity index (χ4n) is 3.19. The highest BCUT2D eigenvalue weighted by Gasteiger charge is 2.19. The third-order valence-corrected chi connectivity index (χ3v) is 4.07. The van der Waals surface area contributed by atoms with E-state index in [0.717, 1.165) is 18.5 Å². The summed E-state index contributed by atoms with van der Waals surface area (Å²) in [5.41, 5.74) is 7.65. The van der Waals surface area contributed by atoms with Crippen molar-refractivity contribution in [1.29, 1.82) is 0 Å². The number of aryl methyl sites for hydroxylation is 3. The highest BCUT2D eigenvalue weighted by molar-refractivity contribution is 5.70. The summed E-state index contributed by atoms with van der Waals surface area (Å²) in [5.74, 6) is 0. The van der Waals surface area contributed by atoms with E-state index in [2.05, 4.69) is 53.8 Å². The molecule has 0 saturated carbocycles. The molecule has 3 aromatic rings. The number of rotatable bonds is 0. The highest BCUT2D eigenvalue weighted by atomic mass is 15.0. The van der Waals surface area contributed by atoms with Gasteiger partial charge in [0.2, 0.25) is 0 Å². The Morgan fingerprint density at radius 2 is 1.89 bits per heavy atom. The first-order valence-corrected chi connectivity index (χ1v) is 6.90. The van der Waals surface area contributed by atoms with E-state index in [1.54, 1.807) is 0 Å². The van der Waals surface area contributed by atoms with Crippen LogP contribution >= 0.6 is 0 Å². The second kappa shape index (κ2) is 3.95. The van der Waals surface area contributed by atoms with Gasteiger partial charge in [0.25, 0.3) is 0 Å². The molecule has 0 N–H and O–H groups in total. The van der Waals surface area contributed by atoms with Gasteiger partial charge in [-0.05, 0) is 43.9 Å². The van der Waals surface area contributed by atoms with Crippen LogP contribution in [-0.4, -0.2) is 9.38 Å². The number of hydrogen-bond acceptors (Lipinski definition) is 1. The number of pyridine rings is 1. The molecule has 1 aromatic carbocycles. The van der Waals surface area contributed by atoms with Crippen LogP contribution in [0.5, 0.6) is 0 Å². The molecule has 19 heavy (non-hydrogen) atoms. The molecule has 2 heteroatoms. The average molecular weight is 248 g/mol. The molecule has 1 aliphatic carbocycles. The molecule has 0 spiro atoms. The Morgan fingerprint density at radius 1 is 1.00 bits per heavy atom. The minimum absolute atomic E-state index is 1.07. The maximum atomic E-state index is 4.88. The van der Waals surface area contributed by atoms with Crippen molar-refractivity contribution in [2.45, 2.75) is 26.2 Å². The van der Waals surface area contributed by atoms with Crippen LogP contribution in [0.15, 0.2) is 42.5 Å². The maximum Gasteiger partial charge on any atom is 0.137 e. The monoisotopic (exact) mass is 248 g/mol. The Balaban J connectivity index is 2.11. The van der Waals surface area contributed by atoms with E-state index in [9.17, 15) is 0 Å². The molecule has 2 heterocycles. The number of imidazole rings is 1. The molecular weight excluding hydrogens is 232 g/mol. The lowest BCUT2D eigenvalue weighted by Crippen LogP contribution is -1.97. The van der Waals surface area contributed by atoms with Gasteiger partial charge in [-0.25, -0.2) is 4.98 Å². The van der Waals surface area contributed by atoms with E-state index in [4.69, 9.17) is 4.98 Å². The predicted molar refractivity (Wildman–Crippen MR) is 77.4 cm³/mol. The van der Waals surface area contributed by atoms with Crippen molar-refractivity contribution < 1.29 is 0 Å². The lowest BCUT2D eigenvalue weighted by molar-refractivity contribution is 0.800. The van der Waals surface area contributed by atoms with Gasteiger partial charge in [-0.3, -0.25) is 0 Å². The summed E-state index contributed by atoms with van der Waals surface area (Å²) >= 11 is 0. The van der Waals surface area contributed by atoms with Crippen LogP contribution in [0, 0.1) is 6.92 Å². The van der Waals surface area contributed by atoms with Crippen molar-refractivity contribution >= 4 is 5.65 Å². The van der Waals surface area contributed by atoms with Crippen LogP contribution < -0.4 is 0 Å². The van der Waals surface area contributed by atoms with Crippen molar-refractivity contribution in [3.05, 3.63) is 59.4 Å². The average Bonchev–Trinajstić information content (AvgIpc) is 2.70. The van der Waals surface area contributed by atoms with Gasteiger partial charge in [0.15, 0.2) is 0 Å². The zero-order valence-corrected chi connectivity index (χ0v) is 11.1. The van der Waals surface area contributed by atoms with Crippen LogP contribution in [-0.2, 0) is 12.8 Å². The second-order valence-electron chi connectivity index (χ2n) is 5.28. The quantitative estimate of drug-likeness (QED) is 0.591. The fraction of sp³-hybridized carbons (Fsp3) is 0.235. The van der Waals surface area contributed by atoms with Crippen LogP contribution in [0.4, 0.5) is 0 Å². The molecule has 1 aliphatic rings. The van der Waals surface area contributed by atoms with Crippen LogP contribution in [0.3, 0.4) is 0 Å². The van der Waals surface area contributed by atoms with Gasteiger partial charge in [0, 0.05) is 11.3 Å². The second-order valence-corrected chi connectivity index (χ2v) is 5.28. The molecule has 0 aliphatic heterocycles. The van der Waals surface area contributed by atoms with Gasteiger partial charge in [-0.1, -0.05) is 30.3 Å². The number of hydrogen-bond donors (Lipinski definition) is 0. The van der Waals surface area contributed by atoms with Gasteiger partial charge in [-0.2, -0.15) is 0 Å². The van der Waals surface area contributed by atoms with Gasteiger partial charge < -0.3 is 4.40 Å². The van der Waals surface area contributed by atoms with Gasteiger partial charge in [0.05, 0.1) is 11.4 Å². The van der Waals surface area contributed by atoms with E-state index in [1.165, 1.54) is 34.6 Å². The lowest BCUT2D eigenvalue weighted by atomic mass is 10.0. The smallest absolute Gasteiger partial charge is 0.137 e. The Bertz CT molecular complexity index is 768. The Hall–Kier alpha value is -2.09. The van der Waals surface area contributed by atoms with Crippen molar-refractivity contribution in [3.8, 4) is 11.3 Å². The standard InChI is InChI=1S/C17H16N2/c1-12-6-4-11-16-18-17-14-9-3-2-7-13(14)8-5-10-15(17)19(12)16/h2-4,6-7,9,11H,5,8,10H2,1H3. The molecule has 0 fully saturated rings. The summed E-state index contributed by atoms with van der Waals surface area (Å²) in [5, 5.41) is 0. The Labute approximate surface area is 112 Å². The molecule has 0 atom stereocenters. The maximum absolute atomic E-state index is 4.88. The number of nitrogens with zero attached hydrogens (tertiary/aromatic N) is 2. The van der Waals surface area contributed by atoms with Crippen molar-refractivity contribution in [3.63, 3.8) is 0 Å². The van der Waals surface area contributed by atoms with E-state index in [1.807, 2.05) is 0 Å². The largest absolute Gasteiger partial charge is 0.301 e. The molecule has 4 rings (SSSR count). The molecule has 2 nitrogen and oxygen atoms in total. The lowest BCUT2D eigenvalue weighted by Gasteiger charge is -2.04. The van der Waals surface area contributed by atoms with Gasteiger partial charge in [0.1, 0.15) is 5.65 Å². The number of fused-ring (bicyclic) bond motifs is 5. The predicted octanol–water partition coefficient (Wildman–Crippen LogP) is 3.80. The SMILES string of the molecule is Cc1cccc2nc3c(n12)CCCc1ccccc1-3. The summed E-state index contributed by atoms with van der Waals surface area (Å²) in [6.45, 7) is 2.16. The first-order valence-electron chi connectivity index (χ1n) is 6.90. The summed E-state index contributed by atoms with van der Waals surface area (Å²) < 4.78 is 2.32. The van der Waals surface area contributed by atoms with Gasteiger partial charge >= 0.3 is 0 Å².